The zero-order valence-electron chi connectivity index (χ0n) is 16.3. The fourth-order valence-corrected chi connectivity index (χ4v) is 2.96. The molecule has 0 saturated heterocycles. The molecule has 0 radical (unpaired) electrons. The van der Waals surface area contributed by atoms with E-state index >= 15 is 0 Å². The van der Waals surface area contributed by atoms with Gasteiger partial charge in [-0.2, -0.15) is 0 Å². The van der Waals surface area contributed by atoms with E-state index in [9.17, 15) is 4.79 Å². The first kappa shape index (κ1) is 19.3. The number of hydrogen-bond acceptors (Lipinski definition) is 4. The molecule has 0 aromatic heterocycles. The number of nitrogens with zero attached hydrogens (tertiary/aromatic N) is 2. The van der Waals surface area contributed by atoms with Crippen LogP contribution < -0.4 is 20.1 Å². The Morgan fingerprint density at radius 3 is 2.78 bits per heavy atom. The first-order chi connectivity index (χ1) is 13.2. The van der Waals surface area contributed by atoms with Crippen LogP contribution in [0.5, 0.6) is 11.5 Å². The predicted octanol–water partition coefficient (Wildman–Crippen LogP) is 1.91. The van der Waals surface area contributed by atoms with Crippen LogP contribution in [-0.4, -0.2) is 56.2 Å². The normalized spacial score (nSPS) is 16.0. The van der Waals surface area contributed by atoms with Gasteiger partial charge in [-0.15, -0.1) is 0 Å². The van der Waals surface area contributed by atoms with Crippen LogP contribution in [0.1, 0.15) is 38.2 Å². The molecule has 1 fully saturated rings. The summed E-state index contributed by atoms with van der Waals surface area (Å²) in [5, 5.41) is 6.33. The summed E-state index contributed by atoms with van der Waals surface area (Å²) in [6.07, 6.45) is 3.54. The highest BCUT2D eigenvalue weighted by Crippen LogP contribution is 2.31. The van der Waals surface area contributed by atoms with E-state index in [1.54, 1.807) is 0 Å². The summed E-state index contributed by atoms with van der Waals surface area (Å²) in [7, 11) is 2.01. The molecule has 2 aliphatic rings. The summed E-state index contributed by atoms with van der Waals surface area (Å²) in [4.78, 5) is 18.5. The van der Waals surface area contributed by atoms with Crippen LogP contribution in [0.3, 0.4) is 0 Å². The molecule has 148 valence electrons. The van der Waals surface area contributed by atoms with Crippen LogP contribution in [0.15, 0.2) is 23.2 Å². The highest BCUT2D eigenvalue weighted by Gasteiger charge is 2.22. The molecule has 7 heteroatoms. The van der Waals surface area contributed by atoms with Gasteiger partial charge in [0.15, 0.2) is 17.5 Å². The minimum atomic E-state index is 0.141. The van der Waals surface area contributed by atoms with Crippen molar-refractivity contribution in [2.24, 2.45) is 4.99 Å². The SMILES string of the molecule is CCNC(=NCCCC(=O)NC1CC1)N(C)Cc1ccc2c(c1)OCCO2. The fraction of sp³-hybridized carbons (Fsp3) is 0.600. The quantitative estimate of drug-likeness (QED) is 0.413. The second-order valence-electron chi connectivity index (χ2n) is 7.02. The third-order valence-corrected chi connectivity index (χ3v) is 4.49. The summed E-state index contributed by atoms with van der Waals surface area (Å²) in [5.74, 6) is 2.59. The molecule has 0 bridgehead atoms. The van der Waals surface area contributed by atoms with E-state index in [-0.39, 0.29) is 5.91 Å². The summed E-state index contributed by atoms with van der Waals surface area (Å²) < 4.78 is 11.2. The molecule has 1 aromatic rings. The molecule has 2 N–H and O–H groups in total. The first-order valence-electron chi connectivity index (χ1n) is 9.83. The number of carbonyl (C=O) groups excluding carboxylic acids is 1. The molecular weight excluding hydrogens is 344 g/mol. The molecule has 0 spiro atoms. The Bertz CT molecular complexity index is 673. The smallest absolute Gasteiger partial charge is 0.220 e. The molecular formula is C20H30N4O3. The van der Waals surface area contributed by atoms with Crippen LogP contribution in [0, 0.1) is 0 Å². The Kier molecular flexibility index (Phi) is 6.79. The lowest BCUT2D eigenvalue weighted by Crippen LogP contribution is -2.38. The van der Waals surface area contributed by atoms with Crippen molar-refractivity contribution in [3.8, 4) is 11.5 Å². The van der Waals surface area contributed by atoms with Crippen LogP contribution in [-0.2, 0) is 11.3 Å². The molecule has 1 saturated carbocycles. The molecule has 1 heterocycles. The van der Waals surface area contributed by atoms with Crippen LogP contribution in [0.4, 0.5) is 0 Å². The van der Waals surface area contributed by atoms with E-state index in [0.29, 0.717) is 38.8 Å². The molecule has 1 aliphatic heterocycles. The predicted molar refractivity (Wildman–Crippen MR) is 105 cm³/mol. The van der Waals surface area contributed by atoms with Gasteiger partial charge in [0, 0.05) is 39.1 Å². The van der Waals surface area contributed by atoms with Gasteiger partial charge in [0.05, 0.1) is 0 Å². The van der Waals surface area contributed by atoms with Crippen molar-refractivity contribution in [1.29, 1.82) is 0 Å². The maximum atomic E-state index is 11.7. The lowest BCUT2D eigenvalue weighted by atomic mass is 10.2. The Labute approximate surface area is 161 Å². The van der Waals surface area contributed by atoms with Crippen molar-refractivity contribution >= 4 is 11.9 Å². The average Bonchev–Trinajstić information content (AvgIpc) is 3.48. The molecule has 0 unspecified atom stereocenters. The molecule has 0 atom stereocenters. The van der Waals surface area contributed by atoms with Gasteiger partial charge < -0.3 is 25.0 Å². The van der Waals surface area contributed by atoms with Crippen LogP contribution in [0.2, 0.25) is 0 Å². The van der Waals surface area contributed by atoms with Crippen LogP contribution in [0.25, 0.3) is 0 Å². The molecule has 1 aromatic carbocycles. The highest BCUT2D eigenvalue weighted by molar-refractivity contribution is 5.80. The average molecular weight is 374 g/mol. The maximum absolute atomic E-state index is 11.7. The van der Waals surface area contributed by atoms with E-state index in [1.807, 2.05) is 19.2 Å². The molecule has 3 rings (SSSR count). The Hall–Kier alpha value is -2.44. The summed E-state index contributed by atoms with van der Waals surface area (Å²) in [6, 6.07) is 6.46. The lowest BCUT2D eigenvalue weighted by molar-refractivity contribution is -0.121. The van der Waals surface area contributed by atoms with Gasteiger partial charge in [0.25, 0.3) is 0 Å². The first-order valence-corrected chi connectivity index (χ1v) is 9.83. The van der Waals surface area contributed by atoms with E-state index in [4.69, 9.17) is 9.47 Å². The second kappa shape index (κ2) is 9.48. The van der Waals surface area contributed by atoms with Gasteiger partial charge >= 0.3 is 0 Å². The Balaban J connectivity index is 1.50. The minimum absolute atomic E-state index is 0.141. The second-order valence-corrected chi connectivity index (χ2v) is 7.02. The van der Waals surface area contributed by atoms with Gasteiger partial charge in [0.2, 0.25) is 5.91 Å². The number of hydrogen-bond donors (Lipinski definition) is 2. The minimum Gasteiger partial charge on any atom is -0.486 e. The highest BCUT2D eigenvalue weighted by atomic mass is 16.6. The standard InChI is InChI=1S/C20H30N4O3/c1-3-21-20(22-10-4-5-19(25)23-16-7-8-16)24(2)14-15-6-9-17-18(13-15)27-12-11-26-17/h6,9,13,16H,3-5,7-8,10-12,14H2,1-2H3,(H,21,22)(H,23,25). The largest absolute Gasteiger partial charge is 0.486 e. The molecule has 7 nitrogen and oxygen atoms in total. The van der Waals surface area contributed by atoms with Crippen molar-refractivity contribution in [3.63, 3.8) is 0 Å². The van der Waals surface area contributed by atoms with Gasteiger partial charge in [-0.3, -0.25) is 9.79 Å². The number of amides is 1. The summed E-state index contributed by atoms with van der Waals surface area (Å²) in [6.45, 7) is 5.38. The van der Waals surface area contributed by atoms with Crippen LogP contribution >= 0.6 is 0 Å². The third-order valence-electron chi connectivity index (χ3n) is 4.49. The number of ether oxygens (including phenoxy) is 2. The number of guanidine groups is 1. The van der Waals surface area contributed by atoms with Gasteiger partial charge in [-0.25, -0.2) is 0 Å². The van der Waals surface area contributed by atoms with E-state index in [0.717, 1.165) is 48.8 Å². The third kappa shape index (κ3) is 6.05. The van der Waals surface area contributed by atoms with E-state index < -0.39 is 0 Å². The number of rotatable bonds is 8. The summed E-state index contributed by atoms with van der Waals surface area (Å²) in [5.41, 5.74) is 1.14. The van der Waals surface area contributed by atoms with Crippen molar-refractivity contribution in [2.45, 2.75) is 45.2 Å². The topological polar surface area (TPSA) is 75.2 Å². The van der Waals surface area contributed by atoms with E-state index in [2.05, 4.69) is 33.5 Å². The van der Waals surface area contributed by atoms with Crippen molar-refractivity contribution in [1.82, 2.24) is 15.5 Å². The molecule has 27 heavy (non-hydrogen) atoms. The van der Waals surface area contributed by atoms with Crippen molar-refractivity contribution in [3.05, 3.63) is 23.8 Å². The summed E-state index contributed by atoms with van der Waals surface area (Å²) >= 11 is 0. The number of aliphatic imine (C=N–C) groups is 1. The van der Waals surface area contributed by atoms with E-state index in [1.165, 1.54) is 0 Å². The molecule has 1 aliphatic carbocycles. The number of benzene rings is 1. The van der Waals surface area contributed by atoms with Gasteiger partial charge in [0.1, 0.15) is 13.2 Å². The number of nitrogens with one attached hydrogen (secondary N) is 2. The van der Waals surface area contributed by atoms with Gasteiger partial charge in [-0.1, -0.05) is 6.07 Å². The maximum Gasteiger partial charge on any atom is 0.220 e. The van der Waals surface area contributed by atoms with Gasteiger partial charge in [-0.05, 0) is 43.9 Å². The Morgan fingerprint density at radius 2 is 2.04 bits per heavy atom. The van der Waals surface area contributed by atoms with Crippen molar-refractivity contribution < 1.29 is 14.3 Å². The molecule has 1 amide bonds. The monoisotopic (exact) mass is 374 g/mol. The lowest BCUT2D eigenvalue weighted by Gasteiger charge is -2.24. The zero-order valence-corrected chi connectivity index (χ0v) is 16.3. The Morgan fingerprint density at radius 1 is 1.26 bits per heavy atom. The number of fused-ring (bicyclic) bond motifs is 1. The fourth-order valence-electron chi connectivity index (χ4n) is 2.96. The van der Waals surface area contributed by atoms with Crippen molar-refractivity contribution in [2.75, 3.05) is 33.4 Å². The number of carbonyl (C=O) groups is 1. The zero-order chi connectivity index (χ0) is 19.1.